The Morgan fingerprint density at radius 1 is 1.14 bits per heavy atom. The first-order valence-corrected chi connectivity index (χ1v) is 5.59. The largest absolute Gasteiger partial charge is 0.0877 e. The Bertz CT molecular complexity index is 172. The maximum absolute atomic E-state index is 3.12. The van der Waals surface area contributed by atoms with Gasteiger partial charge >= 0.3 is 0 Å². The number of rotatable bonds is 8. The third-order valence-electron chi connectivity index (χ3n) is 1.91. The minimum absolute atomic E-state index is 1.05. The Morgan fingerprint density at radius 3 is 2.71 bits per heavy atom. The van der Waals surface area contributed by atoms with E-state index in [-0.39, 0.29) is 0 Å². The van der Waals surface area contributed by atoms with Crippen LogP contribution in [0.5, 0.6) is 0 Å². The lowest BCUT2D eigenvalue weighted by molar-refractivity contribution is 0.704. The molecule has 0 aromatic carbocycles. The van der Waals surface area contributed by atoms with Crippen LogP contribution in [0.2, 0.25) is 0 Å². The van der Waals surface area contributed by atoms with Gasteiger partial charge in [-0.25, -0.2) is 0 Å². The van der Waals surface area contributed by atoms with Crippen molar-refractivity contribution >= 4 is 0 Å². The van der Waals surface area contributed by atoms with Crippen molar-refractivity contribution in [1.82, 2.24) is 0 Å². The van der Waals surface area contributed by atoms with Crippen molar-refractivity contribution < 1.29 is 0 Å². The van der Waals surface area contributed by atoms with Crippen LogP contribution in [0.3, 0.4) is 0 Å². The molecule has 0 fully saturated rings. The molecule has 0 aromatic rings. The van der Waals surface area contributed by atoms with E-state index in [1.54, 1.807) is 0 Å². The first-order chi connectivity index (χ1) is 6.91. The van der Waals surface area contributed by atoms with E-state index in [1.807, 2.05) is 31.2 Å². The summed E-state index contributed by atoms with van der Waals surface area (Å²) in [7, 11) is 0. The quantitative estimate of drug-likeness (QED) is 0.386. The van der Waals surface area contributed by atoms with E-state index in [0.717, 1.165) is 6.42 Å². The summed E-state index contributed by atoms with van der Waals surface area (Å²) in [5.41, 5.74) is 0. The summed E-state index contributed by atoms with van der Waals surface area (Å²) in [5, 5.41) is 0. The van der Waals surface area contributed by atoms with E-state index < -0.39 is 0 Å². The smallest absolute Gasteiger partial charge is 0.0227 e. The van der Waals surface area contributed by atoms with Gasteiger partial charge in [-0.05, 0) is 32.3 Å². The predicted molar refractivity (Wildman–Crippen MR) is 64.8 cm³/mol. The second-order valence-corrected chi connectivity index (χ2v) is 3.28. The Labute approximate surface area is 89.4 Å². The summed E-state index contributed by atoms with van der Waals surface area (Å²) < 4.78 is 0. The zero-order chi connectivity index (χ0) is 10.5. The summed E-state index contributed by atoms with van der Waals surface area (Å²) in [6, 6.07) is 0. The minimum Gasteiger partial charge on any atom is -0.0877 e. The highest BCUT2D eigenvalue weighted by atomic mass is 13.9. The van der Waals surface area contributed by atoms with Crippen LogP contribution in [0.15, 0.2) is 30.4 Å². The number of hydrogen-bond acceptors (Lipinski definition) is 0. The minimum atomic E-state index is 1.05. The fraction of sp³-hybridized carbons (Fsp3) is 0.500. The van der Waals surface area contributed by atoms with Crippen LogP contribution in [0, 0.1) is 12.5 Å². The van der Waals surface area contributed by atoms with Gasteiger partial charge in [0.2, 0.25) is 0 Å². The third kappa shape index (κ3) is 11.2. The molecule has 0 rings (SSSR count). The van der Waals surface area contributed by atoms with Crippen LogP contribution < -0.4 is 0 Å². The lowest BCUT2D eigenvalue weighted by Gasteiger charge is -1.94. The summed E-state index contributed by atoms with van der Waals surface area (Å²) in [6.07, 6.45) is 21.8. The molecule has 78 valence electrons. The molecule has 0 N–H and O–H groups in total. The fourth-order valence-corrected chi connectivity index (χ4v) is 1.10. The van der Waals surface area contributed by atoms with Crippen molar-refractivity contribution in [1.29, 1.82) is 0 Å². The van der Waals surface area contributed by atoms with Gasteiger partial charge in [-0.3, -0.25) is 0 Å². The SMILES string of the molecule is CC=CC=C/[C]=C/C[CH]CCCCC. The van der Waals surface area contributed by atoms with Crippen LogP contribution >= 0.6 is 0 Å². The van der Waals surface area contributed by atoms with Gasteiger partial charge in [0.25, 0.3) is 0 Å². The molecule has 0 aliphatic heterocycles. The molecule has 0 bridgehead atoms. The molecule has 0 aliphatic rings. The van der Waals surface area contributed by atoms with E-state index in [2.05, 4.69) is 25.5 Å². The summed E-state index contributed by atoms with van der Waals surface area (Å²) in [4.78, 5) is 0. The van der Waals surface area contributed by atoms with E-state index >= 15 is 0 Å². The van der Waals surface area contributed by atoms with Gasteiger partial charge in [-0.1, -0.05) is 56.6 Å². The number of unbranched alkanes of at least 4 members (excludes halogenated alkanes) is 5. The zero-order valence-corrected chi connectivity index (χ0v) is 9.50. The second-order valence-electron chi connectivity index (χ2n) is 3.28. The number of hydrogen-bond donors (Lipinski definition) is 0. The van der Waals surface area contributed by atoms with Crippen molar-refractivity contribution in [3.63, 3.8) is 0 Å². The van der Waals surface area contributed by atoms with Crippen molar-refractivity contribution in [3.05, 3.63) is 42.9 Å². The van der Waals surface area contributed by atoms with Crippen molar-refractivity contribution in [2.45, 2.75) is 46.0 Å². The molecular formula is C14H22. The first-order valence-electron chi connectivity index (χ1n) is 5.59. The van der Waals surface area contributed by atoms with Crippen LogP contribution in [-0.2, 0) is 0 Å². The standard InChI is InChI=1S/C14H22/c1-3-5-7-9-11-13-14-12-10-8-6-4-2/h3,5,7,9,12-13H,4,6,8,10,14H2,1-2H3. The molecule has 2 radical (unpaired) electrons. The van der Waals surface area contributed by atoms with Crippen LogP contribution in [0.1, 0.15) is 46.0 Å². The van der Waals surface area contributed by atoms with Gasteiger partial charge in [0.05, 0.1) is 0 Å². The number of allylic oxidation sites excluding steroid dienone is 6. The summed E-state index contributed by atoms with van der Waals surface area (Å²) in [5.74, 6) is 0. The lowest BCUT2D eigenvalue weighted by Crippen LogP contribution is -1.76. The first kappa shape index (κ1) is 13.2. The van der Waals surface area contributed by atoms with Crippen LogP contribution in [-0.4, -0.2) is 0 Å². The fourth-order valence-electron chi connectivity index (χ4n) is 1.10. The molecule has 0 amide bonds. The monoisotopic (exact) mass is 190 g/mol. The van der Waals surface area contributed by atoms with Gasteiger partial charge < -0.3 is 0 Å². The highest BCUT2D eigenvalue weighted by Crippen LogP contribution is 2.03. The van der Waals surface area contributed by atoms with Crippen molar-refractivity contribution in [3.8, 4) is 0 Å². The Kier molecular flexibility index (Phi) is 11.5. The van der Waals surface area contributed by atoms with E-state index in [0.29, 0.717) is 0 Å². The van der Waals surface area contributed by atoms with Crippen LogP contribution in [0.25, 0.3) is 0 Å². The van der Waals surface area contributed by atoms with Crippen molar-refractivity contribution in [2.75, 3.05) is 0 Å². The zero-order valence-electron chi connectivity index (χ0n) is 9.50. The summed E-state index contributed by atoms with van der Waals surface area (Å²) in [6.45, 7) is 4.25. The molecule has 0 saturated heterocycles. The van der Waals surface area contributed by atoms with Gasteiger partial charge in [0, 0.05) is 0 Å². The molecule has 14 heavy (non-hydrogen) atoms. The second kappa shape index (κ2) is 12.2. The molecule has 0 spiro atoms. The van der Waals surface area contributed by atoms with Gasteiger partial charge in [-0.15, -0.1) is 0 Å². The third-order valence-corrected chi connectivity index (χ3v) is 1.91. The highest BCUT2D eigenvalue weighted by molar-refractivity contribution is 5.06. The predicted octanol–water partition coefficient (Wildman–Crippen LogP) is 4.65. The molecule has 0 aromatic heterocycles. The molecule has 0 saturated carbocycles. The maximum atomic E-state index is 3.12. The Hall–Kier alpha value is -0.780. The van der Waals surface area contributed by atoms with Crippen LogP contribution in [0.4, 0.5) is 0 Å². The normalized spacial score (nSPS) is 12.4. The molecule has 0 aliphatic carbocycles. The van der Waals surface area contributed by atoms with Gasteiger partial charge in [-0.2, -0.15) is 0 Å². The average Bonchev–Trinajstić information content (AvgIpc) is 2.21. The molecule has 0 heterocycles. The molecule has 0 heteroatoms. The Balaban J connectivity index is 3.18. The Morgan fingerprint density at radius 2 is 2.00 bits per heavy atom. The maximum Gasteiger partial charge on any atom is -0.0227 e. The van der Waals surface area contributed by atoms with Crippen molar-refractivity contribution in [2.24, 2.45) is 0 Å². The van der Waals surface area contributed by atoms with Gasteiger partial charge in [0.15, 0.2) is 0 Å². The van der Waals surface area contributed by atoms with E-state index in [1.165, 1.54) is 25.7 Å². The topological polar surface area (TPSA) is 0 Å². The van der Waals surface area contributed by atoms with E-state index in [9.17, 15) is 0 Å². The molecule has 0 atom stereocenters. The molecule has 0 nitrogen and oxygen atoms in total. The van der Waals surface area contributed by atoms with E-state index in [4.69, 9.17) is 0 Å². The average molecular weight is 190 g/mol. The highest BCUT2D eigenvalue weighted by Gasteiger charge is 1.85. The van der Waals surface area contributed by atoms with Gasteiger partial charge in [0.1, 0.15) is 0 Å². The lowest BCUT2D eigenvalue weighted by atomic mass is 10.1. The molecular weight excluding hydrogens is 168 g/mol. The summed E-state index contributed by atoms with van der Waals surface area (Å²) >= 11 is 0. The molecule has 0 unspecified atom stereocenters.